The van der Waals surface area contributed by atoms with Gasteiger partial charge in [0.25, 0.3) is 0 Å². The molecule has 0 bridgehead atoms. The predicted molar refractivity (Wildman–Crippen MR) is 111 cm³/mol. The number of rotatable bonds is 5. The molecule has 172 valence electrons. The first-order valence-corrected chi connectivity index (χ1v) is 11.2. The van der Waals surface area contributed by atoms with E-state index in [-0.39, 0.29) is 23.2 Å². The lowest BCUT2D eigenvalue weighted by atomic mass is 9.45. The summed E-state index contributed by atoms with van der Waals surface area (Å²) < 4.78 is 0. The van der Waals surface area contributed by atoms with Crippen molar-refractivity contribution in [3.8, 4) is 0 Å². The highest BCUT2D eigenvalue weighted by molar-refractivity contribution is 5.96. The summed E-state index contributed by atoms with van der Waals surface area (Å²) in [5.41, 5.74) is -0.594. The highest BCUT2D eigenvalue weighted by Gasteiger charge is 2.68. The van der Waals surface area contributed by atoms with Gasteiger partial charge < -0.3 is 25.3 Å². The van der Waals surface area contributed by atoms with Gasteiger partial charge >= 0.3 is 5.97 Å². The number of Topliss-reactive ketones (excluding diaryl/α,β-unsaturated/α-hetero) is 1. The number of aliphatic hydroxyl groups excluding tert-OH is 2. The van der Waals surface area contributed by atoms with E-state index in [1.165, 1.54) is 5.57 Å². The smallest absolute Gasteiger partial charge is 0.344 e. The van der Waals surface area contributed by atoms with Crippen molar-refractivity contribution in [2.45, 2.75) is 70.5 Å². The third kappa shape index (κ3) is 3.26. The molecule has 0 heterocycles. The zero-order valence-electron chi connectivity index (χ0n) is 18.2. The monoisotopic (exact) mass is 435 g/mol. The molecule has 8 nitrogen and oxygen atoms in total. The number of carboxylic acid groups (broad SMARTS) is 1. The lowest BCUT2D eigenvalue weighted by Gasteiger charge is -2.60. The number of hydrogen-bond donors (Lipinski definition) is 4. The second-order valence-corrected chi connectivity index (χ2v) is 10.3. The number of allylic oxidation sites excluding steroid dienone is 2. The van der Waals surface area contributed by atoms with E-state index in [2.05, 4.69) is 12.1 Å². The van der Waals surface area contributed by atoms with E-state index in [0.717, 1.165) is 31.4 Å². The molecule has 0 amide bonds. The fourth-order valence-corrected chi connectivity index (χ4v) is 7.54. The van der Waals surface area contributed by atoms with Crippen LogP contribution in [0.25, 0.3) is 0 Å². The lowest BCUT2D eigenvalue weighted by molar-refractivity contribution is -0.181. The maximum Gasteiger partial charge on any atom is 0.344 e. The van der Waals surface area contributed by atoms with E-state index in [9.17, 15) is 24.9 Å². The van der Waals surface area contributed by atoms with Crippen LogP contribution in [0.1, 0.15) is 58.8 Å². The minimum Gasteiger partial charge on any atom is -0.479 e. The van der Waals surface area contributed by atoms with Crippen LogP contribution in [0.3, 0.4) is 0 Å². The number of nitrogens with zero attached hydrogens (tertiary/aromatic N) is 1. The molecular formula is C23H33NO7. The van der Waals surface area contributed by atoms with Crippen molar-refractivity contribution >= 4 is 17.5 Å². The van der Waals surface area contributed by atoms with Crippen molar-refractivity contribution in [1.29, 1.82) is 0 Å². The minimum atomic E-state index is -1.58. The van der Waals surface area contributed by atoms with E-state index < -0.39 is 42.1 Å². The van der Waals surface area contributed by atoms with E-state index in [0.29, 0.717) is 19.3 Å². The van der Waals surface area contributed by atoms with Gasteiger partial charge in [-0.15, -0.1) is 0 Å². The Morgan fingerprint density at radius 1 is 1.23 bits per heavy atom. The summed E-state index contributed by atoms with van der Waals surface area (Å²) in [7, 11) is 0. The Balaban J connectivity index is 1.62. The van der Waals surface area contributed by atoms with Gasteiger partial charge in [0.1, 0.15) is 12.2 Å². The SMILES string of the molecule is C[C@]12CC/C(=N/OCC(=O)O)C=C1CC[C@@H]1[C@@H]2[C@H](O)C[C@@]2(C)[C@@H]1CC[C@]2(O)C(=O)CO. The second kappa shape index (κ2) is 7.67. The van der Waals surface area contributed by atoms with Crippen molar-refractivity contribution in [1.82, 2.24) is 0 Å². The number of carboxylic acids is 1. The number of aliphatic carboxylic acids is 1. The third-order valence-electron chi connectivity index (χ3n) is 9.04. The summed E-state index contributed by atoms with van der Waals surface area (Å²) in [5.74, 6) is -1.26. The predicted octanol–water partition coefficient (Wildman–Crippen LogP) is 1.67. The molecule has 0 aromatic rings. The molecule has 0 saturated heterocycles. The van der Waals surface area contributed by atoms with Gasteiger partial charge in [-0.25, -0.2) is 4.79 Å². The zero-order chi connectivity index (χ0) is 22.6. The van der Waals surface area contributed by atoms with Crippen LogP contribution in [0.2, 0.25) is 0 Å². The van der Waals surface area contributed by atoms with E-state index in [1.54, 1.807) is 0 Å². The summed E-state index contributed by atoms with van der Waals surface area (Å²) in [5, 5.41) is 44.8. The van der Waals surface area contributed by atoms with E-state index >= 15 is 0 Å². The molecule has 8 heteroatoms. The normalized spacial score (nSPS) is 45.3. The Hall–Kier alpha value is -1.77. The quantitative estimate of drug-likeness (QED) is 0.482. The average Bonchev–Trinajstić information content (AvgIpc) is 2.98. The van der Waals surface area contributed by atoms with Crippen LogP contribution >= 0.6 is 0 Å². The van der Waals surface area contributed by atoms with Gasteiger partial charge in [0.05, 0.1) is 11.8 Å². The Morgan fingerprint density at radius 2 is 1.97 bits per heavy atom. The van der Waals surface area contributed by atoms with Gasteiger partial charge in [0.15, 0.2) is 5.78 Å². The fourth-order valence-electron chi connectivity index (χ4n) is 7.54. The number of oxime groups is 1. The van der Waals surface area contributed by atoms with Crippen LogP contribution in [0.15, 0.2) is 16.8 Å². The van der Waals surface area contributed by atoms with Crippen LogP contribution in [-0.2, 0) is 14.4 Å². The van der Waals surface area contributed by atoms with Gasteiger partial charge in [-0.05, 0) is 74.2 Å². The van der Waals surface area contributed by atoms with Crippen molar-refractivity contribution in [3.05, 3.63) is 11.6 Å². The van der Waals surface area contributed by atoms with Crippen molar-refractivity contribution in [2.75, 3.05) is 13.2 Å². The molecule has 4 N–H and O–H groups in total. The maximum atomic E-state index is 12.5. The van der Waals surface area contributed by atoms with E-state index in [1.807, 2.05) is 13.0 Å². The summed E-state index contributed by atoms with van der Waals surface area (Å²) in [6.45, 7) is 2.95. The van der Waals surface area contributed by atoms with Gasteiger partial charge in [-0.1, -0.05) is 24.6 Å². The Kier molecular flexibility index (Phi) is 5.55. The first-order chi connectivity index (χ1) is 14.6. The van der Waals surface area contributed by atoms with Crippen molar-refractivity contribution < 1.29 is 34.9 Å². The fraction of sp³-hybridized carbons (Fsp3) is 0.783. The molecule has 7 atom stereocenters. The summed E-state index contributed by atoms with van der Waals surface area (Å²) in [6, 6.07) is 0. The van der Waals surface area contributed by atoms with Crippen LogP contribution in [0.5, 0.6) is 0 Å². The van der Waals surface area contributed by atoms with Gasteiger partial charge in [-0.2, -0.15) is 0 Å². The zero-order valence-corrected chi connectivity index (χ0v) is 18.2. The number of carbonyl (C=O) groups excluding carboxylic acids is 1. The molecule has 31 heavy (non-hydrogen) atoms. The third-order valence-corrected chi connectivity index (χ3v) is 9.04. The molecule has 0 aromatic heterocycles. The summed E-state index contributed by atoms with van der Waals surface area (Å²) in [6.07, 6.45) is 5.86. The first kappa shape index (κ1) is 22.4. The second-order valence-electron chi connectivity index (χ2n) is 10.3. The molecule has 3 fully saturated rings. The Bertz CT molecular complexity index is 838. The number of carbonyl (C=O) groups is 2. The van der Waals surface area contributed by atoms with Gasteiger partial charge in [0, 0.05) is 5.41 Å². The van der Waals surface area contributed by atoms with Crippen LogP contribution < -0.4 is 0 Å². The average molecular weight is 436 g/mol. The molecular weight excluding hydrogens is 402 g/mol. The highest BCUT2D eigenvalue weighted by Crippen LogP contribution is 2.67. The first-order valence-electron chi connectivity index (χ1n) is 11.2. The molecule has 0 unspecified atom stereocenters. The standard InChI is InChI=1S/C23H33NO7/c1-21-7-5-14(24-31-12-19(28)29)9-13(21)3-4-15-16-6-8-23(30,18(27)11-25)22(16,2)10-17(26)20(15)21/h9,15-17,20,25-26,30H,3-8,10-12H2,1-2H3,(H,28,29)/b24-14-/t15-,16+,17+,20+,21-,22-,23-/m0/s1. The number of aliphatic hydroxyl groups is 3. The number of fused-ring (bicyclic) bond motifs is 5. The van der Waals surface area contributed by atoms with Crippen LogP contribution in [-0.4, -0.2) is 62.8 Å². The summed E-state index contributed by atoms with van der Waals surface area (Å²) >= 11 is 0. The number of hydrogen-bond acceptors (Lipinski definition) is 7. The molecule has 0 spiro atoms. The largest absolute Gasteiger partial charge is 0.479 e. The molecule has 0 aliphatic heterocycles. The van der Waals surface area contributed by atoms with Gasteiger partial charge in [0.2, 0.25) is 6.61 Å². The molecule has 0 aromatic carbocycles. The molecule has 3 saturated carbocycles. The Labute approximate surface area is 182 Å². The lowest BCUT2D eigenvalue weighted by Crippen LogP contribution is -2.62. The molecule has 0 radical (unpaired) electrons. The molecule has 4 aliphatic carbocycles. The topological polar surface area (TPSA) is 137 Å². The molecule has 4 rings (SSSR count). The Morgan fingerprint density at radius 3 is 2.65 bits per heavy atom. The minimum absolute atomic E-state index is 0.0265. The van der Waals surface area contributed by atoms with Gasteiger partial charge in [-0.3, -0.25) is 4.79 Å². The summed E-state index contributed by atoms with van der Waals surface area (Å²) in [4.78, 5) is 28.0. The number of ketones is 1. The molecule has 4 aliphatic rings. The maximum absolute atomic E-state index is 12.5. The van der Waals surface area contributed by atoms with Crippen LogP contribution in [0.4, 0.5) is 0 Å². The van der Waals surface area contributed by atoms with Crippen molar-refractivity contribution in [2.24, 2.45) is 33.7 Å². The highest BCUT2D eigenvalue weighted by atomic mass is 16.6. The van der Waals surface area contributed by atoms with Crippen molar-refractivity contribution in [3.63, 3.8) is 0 Å². The van der Waals surface area contributed by atoms with E-state index in [4.69, 9.17) is 9.94 Å². The van der Waals surface area contributed by atoms with Crippen LogP contribution in [0, 0.1) is 28.6 Å².